The summed E-state index contributed by atoms with van der Waals surface area (Å²) < 4.78 is 0. The van der Waals surface area contributed by atoms with E-state index in [-0.39, 0.29) is 5.56 Å². The molecule has 1 aliphatic rings. The number of hydrogen-bond acceptors (Lipinski definition) is 3. The number of halogens is 1. The summed E-state index contributed by atoms with van der Waals surface area (Å²) in [5.41, 5.74) is 1.17. The molecular weight excluding hydrogens is 264 g/mol. The van der Waals surface area contributed by atoms with Gasteiger partial charge in [0.2, 0.25) is 0 Å². The van der Waals surface area contributed by atoms with Crippen LogP contribution in [0, 0.1) is 0 Å². The summed E-state index contributed by atoms with van der Waals surface area (Å²) in [6.07, 6.45) is 2.30. The first-order valence-electron chi connectivity index (χ1n) is 6.43. The van der Waals surface area contributed by atoms with E-state index in [0.29, 0.717) is 11.1 Å². The van der Waals surface area contributed by atoms with Crippen LogP contribution in [0.15, 0.2) is 18.2 Å². The fourth-order valence-electron chi connectivity index (χ4n) is 2.64. The molecule has 1 heterocycles. The highest BCUT2D eigenvalue weighted by atomic mass is 35.5. The average molecular weight is 283 g/mol. The van der Waals surface area contributed by atoms with Gasteiger partial charge >= 0.3 is 5.97 Å². The minimum Gasteiger partial charge on any atom is -0.478 e. The molecule has 0 aromatic heterocycles. The molecule has 1 aromatic rings. The first-order valence-corrected chi connectivity index (χ1v) is 6.81. The van der Waals surface area contributed by atoms with Gasteiger partial charge in [0.25, 0.3) is 0 Å². The largest absolute Gasteiger partial charge is 0.478 e. The summed E-state index contributed by atoms with van der Waals surface area (Å²) in [5, 5.41) is 9.48. The Morgan fingerprint density at radius 2 is 2.26 bits per heavy atom. The molecule has 2 rings (SSSR count). The van der Waals surface area contributed by atoms with Crippen molar-refractivity contribution in [1.82, 2.24) is 4.90 Å². The minimum absolute atomic E-state index is 0.233. The molecule has 0 spiro atoms. The number of likely N-dealkylation sites (N-methyl/N-ethyl adjacent to an activating group) is 1. The molecule has 1 atom stereocenters. The standard InChI is InChI=1S/C14H19ClN2O2/c1-16(2)9-11-4-3-7-17(11)13-6-5-10(14(18)19)8-12(13)15/h5-6,8,11H,3-4,7,9H2,1-2H3,(H,18,19). The van der Waals surface area contributed by atoms with Gasteiger partial charge in [-0.25, -0.2) is 4.79 Å². The van der Waals surface area contributed by atoms with Crippen molar-refractivity contribution in [2.45, 2.75) is 18.9 Å². The number of carboxylic acid groups (broad SMARTS) is 1. The molecule has 0 aliphatic carbocycles. The molecule has 19 heavy (non-hydrogen) atoms. The van der Waals surface area contributed by atoms with Crippen LogP contribution in [0.5, 0.6) is 0 Å². The summed E-state index contributed by atoms with van der Waals surface area (Å²) in [4.78, 5) is 15.4. The number of aromatic carboxylic acids is 1. The van der Waals surface area contributed by atoms with Gasteiger partial charge in [-0.15, -0.1) is 0 Å². The monoisotopic (exact) mass is 282 g/mol. The van der Waals surface area contributed by atoms with E-state index in [1.165, 1.54) is 6.07 Å². The Morgan fingerprint density at radius 3 is 2.84 bits per heavy atom. The highest BCUT2D eigenvalue weighted by Crippen LogP contribution is 2.32. The summed E-state index contributed by atoms with van der Waals surface area (Å²) >= 11 is 6.24. The molecular formula is C14H19ClN2O2. The van der Waals surface area contributed by atoms with Crippen LogP contribution < -0.4 is 4.90 Å². The van der Waals surface area contributed by atoms with Crippen molar-refractivity contribution in [3.63, 3.8) is 0 Å². The van der Waals surface area contributed by atoms with Crippen LogP contribution in [0.25, 0.3) is 0 Å². The SMILES string of the molecule is CN(C)CC1CCCN1c1ccc(C(=O)O)cc1Cl. The topological polar surface area (TPSA) is 43.8 Å². The predicted octanol–water partition coefficient (Wildman–Crippen LogP) is 2.57. The van der Waals surface area contributed by atoms with Crippen LogP contribution in [0.2, 0.25) is 5.02 Å². The van der Waals surface area contributed by atoms with Crippen LogP contribution >= 0.6 is 11.6 Å². The molecule has 1 saturated heterocycles. The number of benzene rings is 1. The molecule has 4 nitrogen and oxygen atoms in total. The Hall–Kier alpha value is -1.26. The van der Waals surface area contributed by atoms with Gasteiger partial charge in [-0.05, 0) is 45.1 Å². The van der Waals surface area contributed by atoms with E-state index < -0.39 is 5.97 Å². The molecule has 1 aromatic carbocycles. The summed E-state index contributed by atoms with van der Waals surface area (Å²) in [6, 6.07) is 5.42. The van der Waals surface area contributed by atoms with Gasteiger partial charge in [0, 0.05) is 19.1 Å². The lowest BCUT2D eigenvalue weighted by atomic mass is 10.1. The second-order valence-corrected chi connectivity index (χ2v) is 5.63. The van der Waals surface area contributed by atoms with E-state index in [1.54, 1.807) is 6.07 Å². The molecule has 104 valence electrons. The van der Waals surface area contributed by atoms with Crippen molar-refractivity contribution in [1.29, 1.82) is 0 Å². The Bertz CT molecular complexity index is 477. The van der Waals surface area contributed by atoms with Crippen LogP contribution in [0.3, 0.4) is 0 Å². The van der Waals surface area contributed by atoms with Crippen molar-refractivity contribution >= 4 is 23.3 Å². The molecule has 0 amide bonds. The fourth-order valence-corrected chi connectivity index (χ4v) is 2.93. The first kappa shape index (κ1) is 14.2. The van der Waals surface area contributed by atoms with Gasteiger partial charge in [0.15, 0.2) is 0 Å². The number of hydrogen-bond donors (Lipinski definition) is 1. The predicted molar refractivity (Wildman–Crippen MR) is 77.3 cm³/mol. The van der Waals surface area contributed by atoms with E-state index in [2.05, 4.69) is 23.9 Å². The van der Waals surface area contributed by atoms with Crippen LogP contribution in [0.4, 0.5) is 5.69 Å². The summed E-state index contributed by atoms with van der Waals surface area (Å²) in [5.74, 6) is -0.945. The Labute approximate surface area is 118 Å². The third kappa shape index (κ3) is 3.19. The van der Waals surface area contributed by atoms with Crippen LogP contribution in [-0.4, -0.2) is 49.2 Å². The highest BCUT2D eigenvalue weighted by Gasteiger charge is 2.26. The quantitative estimate of drug-likeness (QED) is 0.922. The van der Waals surface area contributed by atoms with Gasteiger partial charge in [0.05, 0.1) is 16.3 Å². The van der Waals surface area contributed by atoms with E-state index in [1.807, 2.05) is 6.07 Å². The van der Waals surface area contributed by atoms with Crippen LogP contribution in [-0.2, 0) is 0 Å². The van der Waals surface area contributed by atoms with Gasteiger partial charge in [-0.2, -0.15) is 0 Å². The zero-order valence-electron chi connectivity index (χ0n) is 11.3. The summed E-state index contributed by atoms with van der Waals surface area (Å²) in [6.45, 7) is 1.96. The van der Waals surface area contributed by atoms with Crippen molar-refractivity contribution in [3.8, 4) is 0 Å². The molecule has 1 aliphatic heterocycles. The van der Waals surface area contributed by atoms with E-state index in [9.17, 15) is 4.79 Å². The average Bonchev–Trinajstić information content (AvgIpc) is 2.75. The molecule has 0 saturated carbocycles. The van der Waals surface area contributed by atoms with Gasteiger partial charge in [-0.3, -0.25) is 0 Å². The number of carbonyl (C=O) groups is 1. The molecule has 0 radical (unpaired) electrons. The third-order valence-electron chi connectivity index (χ3n) is 3.46. The normalized spacial score (nSPS) is 19.2. The minimum atomic E-state index is -0.945. The number of carboxylic acids is 1. The maximum atomic E-state index is 10.9. The van der Waals surface area contributed by atoms with Crippen molar-refractivity contribution in [2.24, 2.45) is 0 Å². The first-order chi connectivity index (χ1) is 8.99. The van der Waals surface area contributed by atoms with Crippen molar-refractivity contribution in [2.75, 3.05) is 32.1 Å². The fraction of sp³-hybridized carbons (Fsp3) is 0.500. The van der Waals surface area contributed by atoms with Gasteiger partial charge in [0.1, 0.15) is 0 Å². The second kappa shape index (κ2) is 5.80. The number of nitrogens with zero attached hydrogens (tertiary/aromatic N) is 2. The van der Waals surface area contributed by atoms with E-state index >= 15 is 0 Å². The lowest BCUT2D eigenvalue weighted by molar-refractivity contribution is 0.0697. The highest BCUT2D eigenvalue weighted by molar-refractivity contribution is 6.33. The van der Waals surface area contributed by atoms with Gasteiger partial charge in [-0.1, -0.05) is 11.6 Å². The van der Waals surface area contributed by atoms with Crippen molar-refractivity contribution < 1.29 is 9.90 Å². The maximum Gasteiger partial charge on any atom is 0.335 e. The Morgan fingerprint density at radius 1 is 1.53 bits per heavy atom. The van der Waals surface area contributed by atoms with Crippen LogP contribution in [0.1, 0.15) is 23.2 Å². The molecule has 5 heteroatoms. The smallest absolute Gasteiger partial charge is 0.335 e. The molecule has 1 N–H and O–H groups in total. The molecule has 0 bridgehead atoms. The number of anilines is 1. The second-order valence-electron chi connectivity index (χ2n) is 5.22. The Balaban J connectivity index is 2.23. The third-order valence-corrected chi connectivity index (χ3v) is 3.76. The van der Waals surface area contributed by atoms with Gasteiger partial charge < -0.3 is 14.9 Å². The molecule has 1 unspecified atom stereocenters. The van der Waals surface area contributed by atoms with Crippen molar-refractivity contribution in [3.05, 3.63) is 28.8 Å². The molecule has 1 fully saturated rings. The lowest BCUT2D eigenvalue weighted by Gasteiger charge is -2.29. The zero-order valence-corrected chi connectivity index (χ0v) is 12.0. The lowest BCUT2D eigenvalue weighted by Crippen LogP contribution is -2.37. The van der Waals surface area contributed by atoms with E-state index in [4.69, 9.17) is 16.7 Å². The maximum absolute atomic E-state index is 10.9. The van der Waals surface area contributed by atoms with E-state index in [0.717, 1.165) is 31.6 Å². The Kier molecular flexibility index (Phi) is 4.32. The zero-order chi connectivity index (χ0) is 14.0. The summed E-state index contributed by atoms with van der Waals surface area (Å²) in [7, 11) is 4.12. The number of rotatable bonds is 4.